The molecule has 0 radical (unpaired) electrons. The molecule has 2 rings (SSSR count). The highest BCUT2D eigenvalue weighted by molar-refractivity contribution is 5.66. The van der Waals surface area contributed by atoms with E-state index in [0.717, 1.165) is 5.69 Å². The van der Waals surface area contributed by atoms with Gasteiger partial charge in [0.25, 0.3) is 5.56 Å². The van der Waals surface area contributed by atoms with Gasteiger partial charge < -0.3 is 9.88 Å². The Kier molecular flexibility index (Phi) is 3.85. The van der Waals surface area contributed by atoms with Crippen LogP contribution in [0.3, 0.4) is 0 Å². The van der Waals surface area contributed by atoms with Crippen LogP contribution >= 0.6 is 0 Å². The van der Waals surface area contributed by atoms with E-state index < -0.39 is 0 Å². The zero-order valence-corrected chi connectivity index (χ0v) is 11.7. The molecule has 0 aliphatic rings. The summed E-state index contributed by atoms with van der Waals surface area (Å²) in [5, 5.41) is 9.15. The van der Waals surface area contributed by atoms with Crippen LogP contribution in [-0.4, -0.2) is 17.0 Å². The van der Waals surface area contributed by atoms with Gasteiger partial charge in [-0.2, -0.15) is 5.26 Å². The van der Waals surface area contributed by atoms with E-state index in [1.165, 1.54) is 6.07 Å². The molecule has 0 fully saturated rings. The number of hydrogen-bond acceptors (Lipinski definition) is 4. The van der Waals surface area contributed by atoms with Crippen LogP contribution in [-0.2, 0) is 0 Å². The van der Waals surface area contributed by atoms with E-state index in [1.54, 1.807) is 24.1 Å². The molecule has 1 aromatic carbocycles. The first-order chi connectivity index (χ1) is 9.52. The Hall–Kier alpha value is -2.61. The number of nitriles is 1. The summed E-state index contributed by atoms with van der Waals surface area (Å²) in [6.45, 7) is 3.93. The second kappa shape index (κ2) is 5.57. The second-order valence-electron chi connectivity index (χ2n) is 4.83. The topological polar surface area (TPSA) is 72.8 Å². The van der Waals surface area contributed by atoms with Gasteiger partial charge in [0, 0.05) is 19.0 Å². The maximum Gasteiger partial charge on any atom is 0.253 e. The van der Waals surface area contributed by atoms with Crippen molar-refractivity contribution >= 4 is 11.5 Å². The van der Waals surface area contributed by atoms with E-state index in [-0.39, 0.29) is 11.5 Å². The van der Waals surface area contributed by atoms with Gasteiger partial charge in [-0.3, -0.25) is 4.79 Å². The maximum absolute atomic E-state index is 11.7. The second-order valence-corrected chi connectivity index (χ2v) is 4.83. The lowest BCUT2D eigenvalue weighted by Gasteiger charge is -2.20. The molecule has 1 aromatic heterocycles. The highest BCUT2D eigenvalue weighted by atomic mass is 16.1. The zero-order chi connectivity index (χ0) is 14.7. The lowest BCUT2D eigenvalue weighted by Crippen LogP contribution is -2.19. The molecule has 5 nitrogen and oxygen atoms in total. The van der Waals surface area contributed by atoms with Crippen molar-refractivity contribution in [1.82, 2.24) is 9.97 Å². The summed E-state index contributed by atoms with van der Waals surface area (Å²) in [6, 6.07) is 10.8. The lowest BCUT2D eigenvalue weighted by atomic mass is 10.2. The van der Waals surface area contributed by atoms with Gasteiger partial charge in [0.15, 0.2) is 0 Å². The third-order valence-corrected chi connectivity index (χ3v) is 3.02. The number of benzene rings is 1. The molecular formula is C15H16N4O. The van der Waals surface area contributed by atoms with Gasteiger partial charge in [-0.15, -0.1) is 0 Å². The number of anilines is 2. The van der Waals surface area contributed by atoms with Crippen molar-refractivity contribution < 1.29 is 0 Å². The molecule has 0 aliphatic heterocycles. The van der Waals surface area contributed by atoms with E-state index in [9.17, 15) is 4.79 Å². The van der Waals surface area contributed by atoms with Gasteiger partial charge in [-0.05, 0) is 12.1 Å². The first-order valence-electron chi connectivity index (χ1n) is 6.37. The molecule has 102 valence electrons. The fourth-order valence-electron chi connectivity index (χ4n) is 1.89. The third kappa shape index (κ3) is 2.69. The number of nitrogens with zero attached hydrogens (tertiary/aromatic N) is 3. The Balaban J connectivity index is 2.51. The Bertz CT molecular complexity index is 712. The average Bonchev–Trinajstić information content (AvgIpc) is 2.45. The molecule has 0 spiro atoms. The molecule has 0 atom stereocenters. The minimum Gasteiger partial charge on any atom is -0.328 e. The van der Waals surface area contributed by atoms with Crippen molar-refractivity contribution in [1.29, 1.82) is 5.26 Å². The molecule has 1 N–H and O–H groups in total. The van der Waals surface area contributed by atoms with Crippen LogP contribution in [0.15, 0.2) is 35.1 Å². The van der Waals surface area contributed by atoms with E-state index >= 15 is 0 Å². The van der Waals surface area contributed by atoms with Crippen LogP contribution in [0.2, 0.25) is 0 Å². The summed E-state index contributed by atoms with van der Waals surface area (Å²) in [5.74, 6) is 1.29. The van der Waals surface area contributed by atoms with E-state index in [0.29, 0.717) is 17.2 Å². The Morgan fingerprint density at radius 3 is 2.70 bits per heavy atom. The van der Waals surface area contributed by atoms with E-state index in [2.05, 4.69) is 16.0 Å². The van der Waals surface area contributed by atoms with E-state index in [4.69, 9.17) is 5.26 Å². The SMILES string of the molecule is CC(C)c1nc(N(C)c2ccccc2C#N)cc(=O)[nH]1. The molecule has 0 aliphatic carbocycles. The van der Waals surface area contributed by atoms with Crippen LogP contribution in [0.5, 0.6) is 0 Å². The Morgan fingerprint density at radius 1 is 1.35 bits per heavy atom. The minimum atomic E-state index is -0.194. The van der Waals surface area contributed by atoms with Crippen LogP contribution in [0, 0.1) is 11.3 Å². The largest absolute Gasteiger partial charge is 0.328 e. The van der Waals surface area contributed by atoms with Crippen LogP contribution in [0.4, 0.5) is 11.5 Å². The number of aromatic amines is 1. The van der Waals surface area contributed by atoms with E-state index in [1.807, 2.05) is 26.0 Å². The molecule has 0 bridgehead atoms. The molecule has 0 amide bonds. The monoisotopic (exact) mass is 268 g/mol. The highest BCUT2D eigenvalue weighted by Gasteiger charge is 2.12. The van der Waals surface area contributed by atoms with Gasteiger partial charge in [0.05, 0.1) is 11.3 Å². The summed E-state index contributed by atoms with van der Waals surface area (Å²) < 4.78 is 0. The van der Waals surface area contributed by atoms with Crippen molar-refractivity contribution in [2.45, 2.75) is 19.8 Å². The molecule has 0 saturated heterocycles. The number of para-hydroxylation sites is 1. The molecule has 20 heavy (non-hydrogen) atoms. The highest BCUT2D eigenvalue weighted by Crippen LogP contribution is 2.24. The van der Waals surface area contributed by atoms with Gasteiger partial charge >= 0.3 is 0 Å². The zero-order valence-electron chi connectivity index (χ0n) is 11.7. The fraction of sp³-hybridized carbons (Fsp3) is 0.267. The molecule has 5 heteroatoms. The number of H-pyrrole nitrogens is 1. The van der Waals surface area contributed by atoms with Crippen LogP contribution in [0.25, 0.3) is 0 Å². The van der Waals surface area contributed by atoms with Crippen molar-refractivity contribution in [3.8, 4) is 6.07 Å². The maximum atomic E-state index is 11.7. The predicted molar refractivity (Wildman–Crippen MR) is 78.2 cm³/mol. The minimum absolute atomic E-state index is 0.127. The molecule has 1 heterocycles. The van der Waals surface area contributed by atoms with Crippen LogP contribution < -0.4 is 10.5 Å². The molecular weight excluding hydrogens is 252 g/mol. The Labute approximate surface area is 117 Å². The number of aromatic nitrogens is 2. The first kappa shape index (κ1) is 13.8. The first-order valence-corrected chi connectivity index (χ1v) is 6.37. The summed E-state index contributed by atoms with van der Waals surface area (Å²) in [4.78, 5) is 20.6. The normalized spacial score (nSPS) is 10.3. The van der Waals surface area contributed by atoms with Gasteiger partial charge in [-0.25, -0.2) is 4.98 Å². The predicted octanol–water partition coefficient (Wildman–Crippen LogP) is 2.53. The number of rotatable bonds is 3. The van der Waals surface area contributed by atoms with Gasteiger partial charge in [-0.1, -0.05) is 26.0 Å². The summed E-state index contributed by atoms with van der Waals surface area (Å²) in [6.07, 6.45) is 0. The third-order valence-electron chi connectivity index (χ3n) is 3.02. The molecule has 0 saturated carbocycles. The number of nitrogens with one attached hydrogen (secondary N) is 1. The van der Waals surface area contributed by atoms with Gasteiger partial charge in [0.2, 0.25) is 0 Å². The average molecular weight is 268 g/mol. The molecule has 0 unspecified atom stereocenters. The van der Waals surface area contributed by atoms with Gasteiger partial charge in [0.1, 0.15) is 17.7 Å². The summed E-state index contributed by atoms with van der Waals surface area (Å²) in [7, 11) is 1.79. The summed E-state index contributed by atoms with van der Waals surface area (Å²) in [5.41, 5.74) is 1.07. The quantitative estimate of drug-likeness (QED) is 0.928. The Morgan fingerprint density at radius 2 is 2.05 bits per heavy atom. The smallest absolute Gasteiger partial charge is 0.253 e. The van der Waals surface area contributed by atoms with Crippen molar-refractivity contribution in [2.24, 2.45) is 0 Å². The standard InChI is InChI=1S/C15H16N4O/c1-10(2)15-17-13(8-14(20)18-15)19(3)12-7-5-4-6-11(12)9-16/h4-8,10H,1-3H3,(H,17,18,20). The van der Waals surface area contributed by atoms with Crippen molar-refractivity contribution in [2.75, 3.05) is 11.9 Å². The lowest BCUT2D eigenvalue weighted by molar-refractivity contribution is 0.764. The fourth-order valence-corrected chi connectivity index (χ4v) is 1.89. The molecule has 2 aromatic rings. The summed E-state index contributed by atoms with van der Waals surface area (Å²) >= 11 is 0. The van der Waals surface area contributed by atoms with Crippen LogP contribution in [0.1, 0.15) is 31.2 Å². The van der Waals surface area contributed by atoms with Crippen molar-refractivity contribution in [3.05, 3.63) is 52.1 Å². The number of hydrogen-bond donors (Lipinski definition) is 1. The van der Waals surface area contributed by atoms with Crippen molar-refractivity contribution in [3.63, 3.8) is 0 Å².